The highest BCUT2D eigenvalue weighted by Crippen LogP contribution is 2.18. The van der Waals surface area contributed by atoms with Crippen LogP contribution in [0.4, 0.5) is 11.5 Å². The SMILES string of the molecule is Cc1ccc(-n2ncc(N)c2N)cc1. The number of aryl methyl sites for hydroxylation is 1. The lowest BCUT2D eigenvalue weighted by Crippen LogP contribution is -2.02. The van der Waals surface area contributed by atoms with Gasteiger partial charge in [-0.05, 0) is 19.1 Å². The molecule has 1 aromatic heterocycles. The summed E-state index contributed by atoms with van der Waals surface area (Å²) in [6.07, 6.45) is 1.55. The van der Waals surface area contributed by atoms with E-state index in [4.69, 9.17) is 11.5 Å². The van der Waals surface area contributed by atoms with E-state index in [1.807, 2.05) is 31.2 Å². The Morgan fingerprint density at radius 2 is 1.79 bits per heavy atom. The molecule has 14 heavy (non-hydrogen) atoms. The minimum Gasteiger partial charge on any atom is -0.394 e. The molecular formula is C10H12N4. The summed E-state index contributed by atoms with van der Waals surface area (Å²) in [4.78, 5) is 0. The molecule has 0 aliphatic heterocycles. The maximum absolute atomic E-state index is 5.75. The van der Waals surface area contributed by atoms with Crippen molar-refractivity contribution in [3.63, 3.8) is 0 Å². The number of benzene rings is 1. The van der Waals surface area contributed by atoms with Crippen molar-refractivity contribution in [1.29, 1.82) is 0 Å². The fraction of sp³-hybridized carbons (Fsp3) is 0.100. The Hall–Kier alpha value is -1.97. The van der Waals surface area contributed by atoms with Gasteiger partial charge in [-0.15, -0.1) is 0 Å². The number of nitrogen functional groups attached to an aromatic ring is 2. The Morgan fingerprint density at radius 1 is 1.14 bits per heavy atom. The summed E-state index contributed by atoms with van der Waals surface area (Å²) in [5.74, 6) is 0.480. The smallest absolute Gasteiger partial charge is 0.150 e. The van der Waals surface area contributed by atoms with Gasteiger partial charge in [-0.25, -0.2) is 4.68 Å². The Morgan fingerprint density at radius 3 is 2.29 bits per heavy atom. The Labute approximate surface area is 82.1 Å². The van der Waals surface area contributed by atoms with Gasteiger partial charge in [-0.3, -0.25) is 0 Å². The zero-order chi connectivity index (χ0) is 10.1. The lowest BCUT2D eigenvalue weighted by atomic mass is 10.2. The first-order valence-electron chi connectivity index (χ1n) is 4.34. The zero-order valence-electron chi connectivity index (χ0n) is 7.94. The Balaban J connectivity index is 2.49. The summed E-state index contributed by atoms with van der Waals surface area (Å²) in [6.45, 7) is 2.03. The fourth-order valence-electron chi connectivity index (χ4n) is 1.26. The second kappa shape index (κ2) is 3.06. The number of nitrogens with two attached hydrogens (primary N) is 2. The summed E-state index contributed by atoms with van der Waals surface area (Å²) in [7, 11) is 0. The van der Waals surface area contributed by atoms with Crippen molar-refractivity contribution in [1.82, 2.24) is 9.78 Å². The summed E-state index contributed by atoms with van der Waals surface area (Å²) in [5.41, 5.74) is 14.0. The molecule has 4 nitrogen and oxygen atoms in total. The van der Waals surface area contributed by atoms with Crippen molar-refractivity contribution in [3.05, 3.63) is 36.0 Å². The molecule has 4 heteroatoms. The van der Waals surface area contributed by atoms with Crippen LogP contribution in [0.1, 0.15) is 5.56 Å². The van der Waals surface area contributed by atoms with E-state index in [2.05, 4.69) is 5.10 Å². The molecule has 0 atom stereocenters. The quantitative estimate of drug-likeness (QED) is 0.709. The van der Waals surface area contributed by atoms with E-state index < -0.39 is 0 Å². The van der Waals surface area contributed by atoms with Gasteiger partial charge in [-0.1, -0.05) is 17.7 Å². The molecule has 0 spiro atoms. The van der Waals surface area contributed by atoms with E-state index in [1.165, 1.54) is 5.56 Å². The molecule has 72 valence electrons. The van der Waals surface area contributed by atoms with Crippen LogP contribution in [-0.4, -0.2) is 9.78 Å². The van der Waals surface area contributed by atoms with Gasteiger partial charge in [-0.2, -0.15) is 5.10 Å². The Bertz CT molecular complexity index is 442. The van der Waals surface area contributed by atoms with Crippen molar-refractivity contribution in [3.8, 4) is 5.69 Å². The predicted molar refractivity (Wildman–Crippen MR) is 57.1 cm³/mol. The second-order valence-corrected chi connectivity index (χ2v) is 3.23. The van der Waals surface area contributed by atoms with E-state index in [0.29, 0.717) is 11.5 Å². The fourth-order valence-corrected chi connectivity index (χ4v) is 1.26. The van der Waals surface area contributed by atoms with Crippen molar-refractivity contribution >= 4 is 11.5 Å². The van der Waals surface area contributed by atoms with Crippen LogP contribution >= 0.6 is 0 Å². The molecular weight excluding hydrogens is 176 g/mol. The zero-order valence-corrected chi connectivity index (χ0v) is 7.94. The maximum atomic E-state index is 5.75. The van der Waals surface area contributed by atoms with Gasteiger partial charge in [0.25, 0.3) is 0 Å². The molecule has 0 fully saturated rings. The van der Waals surface area contributed by atoms with E-state index in [0.717, 1.165) is 5.69 Å². The van der Waals surface area contributed by atoms with Crippen LogP contribution in [-0.2, 0) is 0 Å². The van der Waals surface area contributed by atoms with Crippen LogP contribution in [0.2, 0.25) is 0 Å². The highest BCUT2D eigenvalue weighted by Gasteiger charge is 2.04. The first-order chi connectivity index (χ1) is 6.68. The van der Waals surface area contributed by atoms with Crippen LogP contribution in [0.5, 0.6) is 0 Å². The average Bonchev–Trinajstić information content (AvgIpc) is 2.50. The third-order valence-electron chi connectivity index (χ3n) is 2.11. The average molecular weight is 188 g/mol. The first kappa shape index (κ1) is 8.62. The molecule has 0 radical (unpaired) electrons. The van der Waals surface area contributed by atoms with Gasteiger partial charge in [0, 0.05) is 0 Å². The van der Waals surface area contributed by atoms with Gasteiger partial charge in [0.05, 0.1) is 17.6 Å². The van der Waals surface area contributed by atoms with Crippen LogP contribution in [0, 0.1) is 6.92 Å². The summed E-state index contributed by atoms with van der Waals surface area (Å²) in [5, 5.41) is 4.08. The molecule has 0 aliphatic rings. The lowest BCUT2D eigenvalue weighted by Gasteiger charge is -2.03. The highest BCUT2D eigenvalue weighted by atomic mass is 15.3. The predicted octanol–water partition coefficient (Wildman–Crippen LogP) is 1.35. The topological polar surface area (TPSA) is 69.9 Å². The molecule has 0 bridgehead atoms. The molecule has 2 rings (SSSR count). The molecule has 1 aromatic carbocycles. The number of aromatic nitrogens is 2. The molecule has 0 saturated heterocycles. The van der Waals surface area contributed by atoms with E-state index >= 15 is 0 Å². The molecule has 0 amide bonds. The standard InChI is InChI=1S/C10H12N4/c1-7-2-4-8(5-3-7)14-10(12)9(11)6-13-14/h2-6H,11-12H2,1H3. The van der Waals surface area contributed by atoms with Crippen molar-refractivity contribution in [2.24, 2.45) is 0 Å². The van der Waals surface area contributed by atoms with Gasteiger partial charge < -0.3 is 11.5 Å². The largest absolute Gasteiger partial charge is 0.394 e. The molecule has 0 saturated carbocycles. The highest BCUT2D eigenvalue weighted by molar-refractivity contribution is 5.60. The number of rotatable bonds is 1. The lowest BCUT2D eigenvalue weighted by molar-refractivity contribution is 0.891. The van der Waals surface area contributed by atoms with Gasteiger partial charge in [0.1, 0.15) is 5.82 Å². The normalized spacial score (nSPS) is 10.4. The third kappa shape index (κ3) is 1.31. The number of hydrogen-bond donors (Lipinski definition) is 2. The second-order valence-electron chi connectivity index (χ2n) is 3.23. The first-order valence-corrected chi connectivity index (χ1v) is 4.34. The molecule has 0 aliphatic carbocycles. The Kier molecular flexibility index (Phi) is 1.89. The molecule has 0 unspecified atom stereocenters. The molecule has 4 N–H and O–H groups in total. The van der Waals surface area contributed by atoms with Crippen LogP contribution in [0.25, 0.3) is 5.69 Å². The van der Waals surface area contributed by atoms with Crippen LogP contribution in [0.15, 0.2) is 30.5 Å². The van der Waals surface area contributed by atoms with Gasteiger partial charge >= 0.3 is 0 Å². The van der Waals surface area contributed by atoms with Crippen molar-refractivity contribution in [2.45, 2.75) is 6.92 Å². The minimum atomic E-state index is 0.480. The van der Waals surface area contributed by atoms with Crippen molar-refractivity contribution in [2.75, 3.05) is 11.5 Å². The van der Waals surface area contributed by atoms with E-state index in [-0.39, 0.29) is 0 Å². The summed E-state index contributed by atoms with van der Waals surface area (Å²) in [6, 6.07) is 7.93. The van der Waals surface area contributed by atoms with E-state index in [1.54, 1.807) is 10.9 Å². The van der Waals surface area contributed by atoms with Crippen LogP contribution in [0.3, 0.4) is 0 Å². The maximum Gasteiger partial charge on any atom is 0.150 e. The number of anilines is 2. The third-order valence-corrected chi connectivity index (χ3v) is 2.11. The van der Waals surface area contributed by atoms with E-state index in [9.17, 15) is 0 Å². The molecule has 2 aromatic rings. The summed E-state index contributed by atoms with van der Waals surface area (Å²) >= 11 is 0. The van der Waals surface area contributed by atoms with Crippen LogP contribution < -0.4 is 11.5 Å². The number of nitrogens with zero attached hydrogens (tertiary/aromatic N) is 2. The molecule has 1 heterocycles. The van der Waals surface area contributed by atoms with Gasteiger partial charge in [0.15, 0.2) is 0 Å². The number of hydrogen-bond acceptors (Lipinski definition) is 3. The van der Waals surface area contributed by atoms with Gasteiger partial charge in [0.2, 0.25) is 0 Å². The van der Waals surface area contributed by atoms with Crippen molar-refractivity contribution < 1.29 is 0 Å². The monoisotopic (exact) mass is 188 g/mol. The summed E-state index contributed by atoms with van der Waals surface area (Å²) < 4.78 is 1.62. The minimum absolute atomic E-state index is 0.480.